The highest BCUT2D eigenvalue weighted by atomic mass is 16.5. The van der Waals surface area contributed by atoms with Gasteiger partial charge in [0.2, 0.25) is 0 Å². The largest absolute Gasteiger partial charge is 0.394 e. The highest BCUT2D eigenvalue weighted by molar-refractivity contribution is 5.88. The van der Waals surface area contributed by atoms with Gasteiger partial charge >= 0.3 is 0 Å². The molecule has 2 aromatic rings. The fraction of sp³-hybridized carbons (Fsp3) is 0.541. The fourth-order valence-electron chi connectivity index (χ4n) is 7.66. The molecule has 7 rings (SSSR count). The van der Waals surface area contributed by atoms with E-state index in [1.54, 1.807) is 4.90 Å². The second kappa shape index (κ2) is 13.3. The van der Waals surface area contributed by atoms with E-state index in [4.69, 9.17) is 9.47 Å². The number of piperidine rings is 1. The molecule has 50 heavy (non-hydrogen) atoms. The van der Waals surface area contributed by atoms with E-state index in [9.17, 15) is 50.8 Å². The van der Waals surface area contributed by atoms with Crippen LogP contribution in [0.1, 0.15) is 47.9 Å². The number of hydrogen-bond acceptors (Lipinski definition) is 12. The van der Waals surface area contributed by atoms with Crippen LogP contribution in [0.3, 0.4) is 0 Å². The van der Waals surface area contributed by atoms with Crippen LogP contribution in [0.25, 0.3) is 11.1 Å². The fourth-order valence-corrected chi connectivity index (χ4v) is 7.66. The molecule has 13 nitrogen and oxygen atoms in total. The summed E-state index contributed by atoms with van der Waals surface area (Å²) in [5.74, 6) is 11.5. The van der Waals surface area contributed by atoms with Crippen LogP contribution in [-0.4, -0.2) is 150 Å². The topological polar surface area (TPSA) is 221 Å². The van der Waals surface area contributed by atoms with Crippen molar-refractivity contribution in [2.45, 2.75) is 97.7 Å². The number of likely N-dealkylation sites (tertiary alicyclic amines) is 1. The minimum Gasteiger partial charge on any atom is -0.394 e. The highest BCUT2D eigenvalue weighted by Gasteiger charge is 2.53. The van der Waals surface area contributed by atoms with Crippen LogP contribution in [-0.2, 0) is 19.7 Å². The van der Waals surface area contributed by atoms with Gasteiger partial charge in [0, 0.05) is 29.6 Å². The van der Waals surface area contributed by atoms with Gasteiger partial charge in [0.05, 0.1) is 13.2 Å². The predicted octanol–water partition coefficient (Wildman–Crippen LogP) is -2.51. The molecule has 2 aliphatic carbocycles. The van der Waals surface area contributed by atoms with Gasteiger partial charge in [0.15, 0.2) is 0 Å². The minimum atomic E-state index is -1.54. The normalized spacial score (nSPS) is 34.9. The molecular weight excluding hydrogens is 650 g/mol. The van der Waals surface area contributed by atoms with Gasteiger partial charge in [-0.25, -0.2) is 0 Å². The molecule has 3 aliphatic heterocycles. The first-order valence-electron chi connectivity index (χ1n) is 16.9. The monoisotopic (exact) mass is 691 g/mol. The number of fused-ring (bicyclic) bond motifs is 5. The maximum atomic E-state index is 13.1. The van der Waals surface area contributed by atoms with E-state index in [0.717, 1.165) is 22.3 Å². The average molecular weight is 692 g/mol. The van der Waals surface area contributed by atoms with Crippen LogP contribution in [0.4, 0.5) is 0 Å². The summed E-state index contributed by atoms with van der Waals surface area (Å²) in [6.45, 7) is -0.313. The SMILES string of the molecule is O=C(N1CCC2(CC1)c1cc(C#CC3OC(CO)[C@@H](O)C(O)C3O)ccc1-c1ccc(C#CC3OC(CO)[C@@H](O)C(O)C3O)cc12)C1(O)CC1. The molecule has 0 aromatic heterocycles. The molecule has 10 atom stereocenters. The van der Waals surface area contributed by atoms with Crippen LogP contribution in [0.15, 0.2) is 36.4 Å². The number of carbonyl (C=O) groups is 1. The molecule has 4 fully saturated rings. The van der Waals surface area contributed by atoms with E-state index in [-0.39, 0.29) is 5.91 Å². The molecule has 1 saturated carbocycles. The highest BCUT2D eigenvalue weighted by Crippen LogP contribution is 2.55. The van der Waals surface area contributed by atoms with E-state index in [0.29, 0.717) is 49.9 Å². The lowest BCUT2D eigenvalue weighted by atomic mass is 9.70. The second-order valence-corrected chi connectivity index (χ2v) is 14.0. The third-order valence-corrected chi connectivity index (χ3v) is 10.9. The van der Waals surface area contributed by atoms with E-state index in [2.05, 4.69) is 23.7 Å². The lowest BCUT2D eigenvalue weighted by Crippen LogP contribution is -2.58. The summed E-state index contributed by atoms with van der Waals surface area (Å²) < 4.78 is 11.1. The zero-order chi connectivity index (χ0) is 35.5. The Morgan fingerprint density at radius 3 is 1.52 bits per heavy atom. The van der Waals surface area contributed by atoms with Gasteiger partial charge in [-0.2, -0.15) is 0 Å². The molecule has 5 aliphatic rings. The van der Waals surface area contributed by atoms with E-state index in [1.807, 2.05) is 36.4 Å². The van der Waals surface area contributed by atoms with Gasteiger partial charge in [0.1, 0.15) is 66.6 Å². The van der Waals surface area contributed by atoms with Gasteiger partial charge in [-0.05, 0) is 72.2 Å². The summed E-state index contributed by atoms with van der Waals surface area (Å²) in [7, 11) is 0. The van der Waals surface area contributed by atoms with Crippen LogP contribution >= 0.6 is 0 Å². The first-order valence-corrected chi connectivity index (χ1v) is 16.9. The Bertz CT molecular complexity index is 1650. The van der Waals surface area contributed by atoms with Gasteiger partial charge in [-0.15, -0.1) is 0 Å². The van der Waals surface area contributed by atoms with Crippen molar-refractivity contribution in [3.8, 4) is 34.8 Å². The van der Waals surface area contributed by atoms with Crippen LogP contribution < -0.4 is 0 Å². The van der Waals surface area contributed by atoms with Gasteiger partial charge in [0.25, 0.3) is 5.91 Å². The Labute approximate surface area is 288 Å². The summed E-state index contributed by atoms with van der Waals surface area (Å²) in [6, 6.07) is 11.5. The number of aliphatic hydroxyl groups is 9. The smallest absolute Gasteiger partial charge is 0.254 e. The van der Waals surface area contributed by atoms with Crippen molar-refractivity contribution >= 4 is 5.91 Å². The lowest BCUT2D eigenvalue weighted by molar-refractivity contribution is -0.214. The molecule has 2 aromatic carbocycles. The molecule has 8 unspecified atom stereocenters. The number of benzene rings is 2. The standard InChI is InChI=1S/C37H41NO12/c39-17-27-31(43)33(45)29(41)25(49-27)7-3-19-1-5-21-22-6-2-20(4-8-26-30(42)34(46)32(44)28(18-40)50-26)16-24(22)36(23(21)15-19)11-13-38(14-12-36)35(47)37(48)9-10-37/h1-2,5-6,15-16,25-34,39-46,48H,9-14,17-18H2/t25?,26?,27?,28?,29?,30?,31-,32-,33?,34?/m1/s1. The average Bonchev–Trinajstić information content (AvgIpc) is 3.84. The third-order valence-electron chi connectivity index (χ3n) is 10.9. The van der Waals surface area contributed by atoms with Crippen molar-refractivity contribution in [3.63, 3.8) is 0 Å². The van der Waals surface area contributed by atoms with E-state index >= 15 is 0 Å². The van der Waals surface area contributed by atoms with Crippen molar-refractivity contribution in [1.29, 1.82) is 0 Å². The molecular formula is C37H41NO12. The van der Waals surface area contributed by atoms with Gasteiger partial charge in [-0.3, -0.25) is 4.79 Å². The first-order chi connectivity index (χ1) is 23.9. The number of rotatable bonds is 3. The maximum absolute atomic E-state index is 13.1. The number of carbonyl (C=O) groups excluding carboxylic acids is 1. The number of nitrogens with zero attached hydrogens (tertiary/aromatic N) is 1. The molecule has 0 bridgehead atoms. The van der Waals surface area contributed by atoms with Crippen molar-refractivity contribution in [1.82, 2.24) is 4.90 Å². The summed E-state index contributed by atoms with van der Waals surface area (Å²) in [5.41, 5.74) is 3.24. The number of hydrogen-bond donors (Lipinski definition) is 9. The molecule has 266 valence electrons. The Hall–Kier alpha value is -3.41. The van der Waals surface area contributed by atoms with Crippen molar-refractivity contribution in [2.24, 2.45) is 0 Å². The Balaban J connectivity index is 1.22. The molecule has 3 saturated heterocycles. The molecule has 3 heterocycles. The number of ether oxygens (including phenoxy) is 2. The van der Waals surface area contributed by atoms with Crippen LogP contribution in [0.2, 0.25) is 0 Å². The summed E-state index contributed by atoms with van der Waals surface area (Å²) in [4.78, 5) is 14.8. The minimum absolute atomic E-state index is 0.260. The van der Waals surface area contributed by atoms with E-state index < -0.39 is 85.3 Å². The molecule has 13 heteroatoms. The molecule has 1 amide bonds. The van der Waals surface area contributed by atoms with Crippen LogP contribution in [0, 0.1) is 23.7 Å². The Kier molecular flexibility index (Phi) is 9.31. The lowest BCUT2D eigenvalue weighted by Gasteiger charge is -2.41. The third kappa shape index (κ3) is 5.92. The maximum Gasteiger partial charge on any atom is 0.254 e. The quantitative estimate of drug-likeness (QED) is 0.153. The van der Waals surface area contributed by atoms with Crippen molar-refractivity contribution in [3.05, 3.63) is 58.7 Å². The molecule has 1 spiro atoms. The number of amides is 1. The number of aliphatic hydroxyl groups excluding tert-OH is 8. The first kappa shape index (κ1) is 35.0. The Morgan fingerprint density at radius 2 is 1.12 bits per heavy atom. The summed E-state index contributed by atoms with van der Waals surface area (Å²) in [5, 5.41) is 91.3. The van der Waals surface area contributed by atoms with E-state index in [1.165, 1.54) is 0 Å². The zero-order valence-electron chi connectivity index (χ0n) is 27.1. The summed E-state index contributed by atoms with van der Waals surface area (Å²) >= 11 is 0. The molecule has 0 radical (unpaired) electrons. The second-order valence-electron chi connectivity index (χ2n) is 14.0. The van der Waals surface area contributed by atoms with Crippen LogP contribution in [0.5, 0.6) is 0 Å². The Morgan fingerprint density at radius 1 is 0.680 bits per heavy atom. The van der Waals surface area contributed by atoms with Crippen molar-refractivity contribution in [2.75, 3.05) is 26.3 Å². The van der Waals surface area contributed by atoms with Crippen molar-refractivity contribution < 1.29 is 60.2 Å². The molecule has 9 N–H and O–H groups in total. The van der Waals surface area contributed by atoms with Gasteiger partial charge in [-0.1, -0.05) is 35.8 Å². The predicted molar refractivity (Wildman–Crippen MR) is 174 cm³/mol. The summed E-state index contributed by atoms with van der Waals surface area (Å²) in [6.07, 6.45) is -11.5. The van der Waals surface area contributed by atoms with Gasteiger partial charge < -0.3 is 60.3 Å². The zero-order valence-corrected chi connectivity index (χ0v) is 27.1.